The predicted octanol–water partition coefficient (Wildman–Crippen LogP) is 0.490. The number of benzene rings is 1. The van der Waals surface area contributed by atoms with Crippen LogP contribution in [-0.2, 0) is 0 Å². The van der Waals surface area contributed by atoms with E-state index in [1.165, 1.54) is 0 Å². The SMILES string of the molecule is NC1=CC(=O)c2cccc(N)c2C1=O. The molecule has 4 nitrogen and oxygen atoms in total. The number of hydrogen-bond acceptors (Lipinski definition) is 4. The molecule has 14 heavy (non-hydrogen) atoms. The molecule has 0 atom stereocenters. The Bertz CT molecular complexity index is 475. The van der Waals surface area contributed by atoms with Crippen LogP contribution in [0.5, 0.6) is 0 Å². The van der Waals surface area contributed by atoms with Gasteiger partial charge in [0, 0.05) is 17.3 Å². The number of fused-ring (bicyclic) bond motifs is 1. The molecule has 70 valence electrons. The predicted molar refractivity (Wildman–Crippen MR) is 51.8 cm³/mol. The van der Waals surface area contributed by atoms with Crippen LogP contribution in [0.1, 0.15) is 20.7 Å². The minimum Gasteiger partial charge on any atom is -0.398 e. The maximum Gasteiger partial charge on any atom is 0.211 e. The van der Waals surface area contributed by atoms with E-state index in [9.17, 15) is 9.59 Å². The van der Waals surface area contributed by atoms with Crippen LogP contribution in [0.2, 0.25) is 0 Å². The minimum atomic E-state index is -0.377. The summed E-state index contributed by atoms with van der Waals surface area (Å²) in [6, 6.07) is 4.77. The van der Waals surface area contributed by atoms with Crippen LogP contribution in [0.3, 0.4) is 0 Å². The Hall–Kier alpha value is -2.10. The Balaban J connectivity index is 2.76. The molecule has 0 aliphatic heterocycles. The van der Waals surface area contributed by atoms with Gasteiger partial charge in [0.05, 0.1) is 11.3 Å². The number of nitrogens with two attached hydrogens (primary N) is 2. The van der Waals surface area contributed by atoms with Crippen molar-refractivity contribution in [2.75, 3.05) is 5.73 Å². The number of anilines is 1. The fourth-order valence-electron chi connectivity index (χ4n) is 1.46. The summed E-state index contributed by atoms with van der Waals surface area (Å²) < 4.78 is 0. The number of hydrogen-bond donors (Lipinski definition) is 2. The molecule has 4 N–H and O–H groups in total. The van der Waals surface area contributed by atoms with E-state index in [2.05, 4.69) is 0 Å². The van der Waals surface area contributed by atoms with Gasteiger partial charge >= 0.3 is 0 Å². The van der Waals surface area contributed by atoms with Crippen LogP contribution in [0, 0.1) is 0 Å². The zero-order valence-corrected chi connectivity index (χ0v) is 7.28. The Morgan fingerprint density at radius 1 is 1.07 bits per heavy atom. The highest BCUT2D eigenvalue weighted by Gasteiger charge is 2.25. The van der Waals surface area contributed by atoms with E-state index in [4.69, 9.17) is 11.5 Å². The van der Waals surface area contributed by atoms with Crippen LogP contribution >= 0.6 is 0 Å². The van der Waals surface area contributed by atoms with Gasteiger partial charge in [-0.2, -0.15) is 0 Å². The quantitative estimate of drug-likeness (QED) is 0.580. The number of carbonyl (C=O) groups excluding carboxylic acids is 2. The number of nitrogen functional groups attached to an aromatic ring is 1. The van der Waals surface area contributed by atoms with Crippen LogP contribution in [0.25, 0.3) is 0 Å². The molecule has 0 amide bonds. The Kier molecular flexibility index (Phi) is 1.64. The molecular weight excluding hydrogens is 180 g/mol. The van der Waals surface area contributed by atoms with Gasteiger partial charge in [0.15, 0.2) is 5.78 Å². The molecule has 1 aromatic carbocycles. The molecule has 1 aromatic rings. The average Bonchev–Trinajstić information content (AvgIpc) is 2.14. The van der Waals surface area contributed by atoms with E-state index >= 15 is 0 Å². The Morgan fingerprint density at radius 3 is 2.50 bits per heavy atom. The zero-order chi connectivity index (χ0) is 10.3. The zero-order valence-electron chi connectivity index (χ0n) is 7.28. The number of rotatable bonds is 0. The lowest BCUT2D eigenvalue weighted by atomic mass is 9.92. The summed E-state index contributed by atoms with van der Waals surface area (Å²) in [5.41, 5.74) is 11.8. The van der Waals surface area contributed by atoms with Gasteiger partial charge in [-0.05, 0) is 6.07 Å². The van der Waals surface area contributed by atoms with Gasteiger partial charge < -0.3 is 11.5 Å². The van der Waals surface area contributed by atoms with Gasteiger partial charge in [-0.15, -0.1) is 0 Å². The van der Waals surface area contributed by atoms with Crippen molar-refractivity contribution in [2.45, 2.75) is 0 Å². The third-order valence-corrected chi connectivity index (χ3v) is 2.14. The van der Waals surface area contributed by atoms with E-state index in [1.807, 2.05) is 0 Å². The van der Waals surface area contributed by atoms with E-state index in [0.29, 0.717) is 5.56 Å². The Labute approximate surface area is 80.2 Å². The van der Waals surface area contributed by atoms with Gasteiger partial charge in [-0.3, -0.25) is 9.59 Å². The molecule has 1 aliphatic carbocycles. The van der Waals surface area contributed by atoms with Crippen LogP contribution in [0.4, 0.5) is 5.69 Å². The molecule has 0 heterocycles. The summed E-state index contributed by atoms with van der Waals surface area (Å²) in [6.07, 6.45) is 1.13. The van der Waals surface area contributed by atoms with Crippen molar-refractivity contribution in [2.24, 2.45) is 5.73 Å². The third-order valence-electron chi connectivity index (χ3n) is 2.14. The summed E-state index contributed by atoms with van der Waals surface area (Å²) >= 11 is 0. The molecule has 0 saturated heterocycles. The van der Waals surface area contributed by atoms with Crippen LogP contribution < -0.4 is 11.5 Å². The normalized spacial score (nSPS) is 15.0. The maximum absolute atomic E-state index is 11.6. The first-order valence-corrected chi connectivity index (χ1v) is 4.06. The first kappa shape index (κ1) is 8.50. The van der Waals surface area contributed by atoms with E-state index < -0.39 is 0 Å². The highest BCUT2D eigenvalue weighted by molar-refractivity contribution is 6.26. The lowest BCUT2D eigenvalue weighted by molar-refractivity contribution is 0.0984. The lowest BCUT2D eigenvalue weighted by Gasteiger charge is -2.13. The van der Waals surface area contributed by atoms with Gasteiger partial charge in [-0.1, -0.05) is 12.1 Å². The van der Waals surface area contributed by atoms with E-state index in [-0.39, 0.29) is 28.5 Å². The van der Waals surface area contributed by atoms with Gasteiger partial charge in [0.2, 0.25) is 5.78 Å². The fraction of sp³-hybridized carbons (Fsp3) is 0. The standard InChI is InChI=1S/C10H8N2O2/c11-6-3-1-2-5-8(13)4-7(12)10(14)9(5)6/h1-4H,11-12H2. The summed E-state index contributed by atoms with van der Waals surface area (Å²) in [4.78, 5) is 23.0. The number of Topliss-reactive ketones (excluding diaryl/α,β-unsaturated/α-hetero) is 1. The largest absolute Gasteiger partial charge is 0.398 e. The number of carbonyl (C=O) groups is 2. The van der Waals surface area contributed by atoms with Gasteiger partial charge in [0.25, 0.3) is 0 Å². The summed E-state index contributed by atoms with van der Waals surface area (Å²) in [5, 5.41) is 0. The van der Waals surface area contributed by atoms with Crippen molar-refractivity contribution >= 4 is 17.3 Å². The van der Waals surface area contributed by atoms with Crippen molar-refractivity contribution in [3.63, 3.8) is 0 Å². The van der Waals surface area contributed by atoms with E-state index in [0.717, 1.165) is 6.08 Å². The second-order valence-corrected chi connectivity index (χ2v) is 3.06. The molecule has 2 rings (SSSR count). The molecule has 0 spiro atoms. The molecule has 1 aliphatic rings. The van der Waals surface area contributed by atoms with Crippen LogP contribution in [0.15, 0.2) is 30.0 Å². The summed E-state index contributed by atoms with van der Waals surface area (Å²) in [7, 11) is 0. The highest BCUT2D eigenvalue weighted by Crippen LogP contribution is 2.24. The lowest BCUT2D eigenvalue weighted by Crippen LogP contribution is -2.22. The molecule has 0 radical (unpaired) electrons. The van der Waals surface area contributed by atoms with Crippen molar-refractivity contribution in [3.05, 3.63) is 41.1 Å². The summed E-state index contributed by atoms with van der Waals surface area (Å²) in [6.45, 7) is 0. The van der Waals surface area contributed by atoms with Crippen molar-refractivity contribution in [1.82, 2.24) is 0 Å². The maximum atomic E-state index is 11.6. The molecule has 0 bridgehead atoms. The third kappa shape index (κ3) is 1.01. The monoisotopic (exact) mass is 188 g/mol. The van der Waals surface area contributed by atoms with Crippen LogP contribution in [-0.4, -0.2) is 11.6 Å². The first-order chi connectivity index (χ1) is 6.61. The second-order valence-electron chi connectivity index (χ2n) is 3.06. The fourth-order valence-corrected chi connectivity index (χ4v) is 1.46. The molecule has 0 fully saturated rings. The molecule has 0 unspecified atom stereocenters. The molecule has 4 heteroatoms. The minimum absolute atomic E-state index is 0.0552. The summed E-state index contributed by atoms with van der Waals surface area (Å²) in [5.74, 6) is -0.651. The molecule has 0 aromatic heterocycles. The second kappa shape index (κ2) is 2.70. The van der Waals surface area contributed by atoms with Crippen molar-refractivity contribution in [3.8, 4) is 0 Å². The van der Waals surface area contributed by atoms with Gasteiger partial charge in [-0.25, -0.2) is 0 Å². The molecular formula is C10H8N2O2. The highest BCUT2D eigenvalue weighted by atomic mass is 16.1. The Morgan fingerprint density at radius 2 is 1.79 bits per heavy atom. The first-order valence-electron chi connectivity index (χ1n) is 4.06. The smallest absolute Gasteiger partial charge is 0.211 e. The van der Waals surface area contributed by atoms with Crippen molar-refractivity contribution in [1.29, 1.82) is 0 Å². The topological polar surface area (TPSA) is 86.2 Å². The van der Waals surface area contributed by atoms with E-state index in [1.54, 1.807) is 18.2 Å². The average molecular weight is 188 g/mol. The molecule has 0 saturated carbocycles. The number of allylic oxidation sites excluding steroid dienone is 2. The van der Waals surface area contributed by atoms with Crippen molar-refractivity contribution < 1.29 is 9.59 Å². The number of ketones is 2. The van der Waals surface area contributed by atoms with Gasteiger partial charge in [0.1, 0.15) is 0 Å².